The van der Waals surface area contributed by atoms with Gasteiger partial charge in [-0.15, -0.1) is 10.2 Å². The third-order valence-corrected chi connectivity index (χ3v) is 5.93. The molecule has 140 valence electrons. The molecular formula is C21H25N5O. The van der Waals surface area contributed by atoms with E-state index in [1.807, 2.05) is 12.1 Å². The fourth-order valence-corrected chi connectivity index (χ4v) is 4.41. The molecule has 0 spiro atoms. The van der Waals surface area contributed by atoms with Crippen LogP contribution in [-0.4, -0.2) is 49.9 Å². The van der Waals surface area contributed by atoms with Crippen molar-refractivity contribution in [3.05, 3.63) is 42.7 Å². The first kappa shape index (κ1) is 16.7. The van der Waals surface area contributed by atoms with Gasteiger partial charge in [-0.1, -0.05) is 12.8 Å². The molecule has 6 heteroatoms. The summed E-state index contributed by atoms with van der Waals surface area (Å²) in [5.41, 5.74) is 2.72. The lowest BCUT2D eigenvalue weighted by atomic mass is 10.0. The molecule has 0 unspecified atom stereocenters. The number of rotatable bonds is 4. The van der Waals surface area contributed by atoms with Gasteiger partial charge in [0.2, 0.25) is 0 Å². The number of hydrogen-bond acceptors (Lipinski definition) is 5. The van der Waals surface area contributed by atoms with Gasteiger partial charge < -0.3 is 9.64 Å². The van der Waals surface area contributed by atoms with Crippen LogP contribution in [0, 0.1) is 0 Å². The molecule has 0 bridgehead atoms. The second-order valence-corrected chi connectivity index (χ2v) is 7.67. The molecule has 1 aromatic carbocycles. The van der Waals surface area contributed by atoms with Crippen LogP contribution in [0.2, 0.25) is 0 Å². The van der Waals surface area contributed by atoms with E-state index in [1.165, 1.54) is 38.8 Å². The number of aromatic nitrogens is 4. The molecule has 1 saturated heterocycles. The molecule has 3 aromatic rings. The van der Waals surface area contributed by atoms with Gasteiger partial charge in [-0.05, 0) is 62.1 Å². The number of hydrogen-bond donors (Lipinski definition) is 0. The number of fused-ring (bicyclic) bond motifs is 1. The highest BCUT2D eigenvalue weighted by molar-refractivity contribution is 5.61. The van der Waals surface area contributed by atoms with Crippen molar-refractivity contribution in [2.24, 2.45) is 0 Å². The standard InChI is InChI=1S/C21H25N5O/c1-2-4-17(3-1)25-13-11-19(12-14-25)27-18-7-5-16(6-8-18)20-9-10-21-23-22-15-26(21)24-20/h5-10,15,17,19H,1-4,11-14H2. The van der Waals surface area contributed by atoms with E-state index < -0.39 is 0 Å². The van der Waals surface area contributed by atoms with Gasteiger partial charge in [-0.2, -0.15) is 9.61 Å². The Balaban J connectivity index is 1.20. The van der Waals surface area contributed by atoms with Crippen LogP contribution in [0.3, 0.4) is 0 Å². The second-order valence-electron chi connectivity index (χ2n) is 7.67. The molecule has 0 amide bonds. The lowest BCUT2D eigenvalue weighted by Gasteiger charge is -2.36. The lowest BCUT2D eigenvalue weighted by Crippen LogP contribution is -2.43. The summed E-state index contributed by atoms with van der Waals surface area (Å²) in [7, 11) is 0. The van der Waals surface area contributed by atoms with Crippen molar-refractivity contribution in [1.29, 1.82) is 0 Å². The van der Waals surface area contributed by atoms with E-state index in [2.05, 4.69) is 44.5 Å². The Kier molecular flexibility index (Phi) is 4.49. The third-order valence-electron chi connectivity index (χ3n) is 5.93. The Labute approximate surface area is 159 Å². The topological polar surface area (TPSA) is 55.6 Å². The Bertz CT molecular complexity index is 892. The number of likely N-dealkylation sites (tertiary alicyclic amines) is 1. The smallest absolute Gasteiger partial charge is 0.177 e. The Morgan fingerprint density at radius 1 is 0.889 bits per heavy atom. The highest BCUT2D eigenvalue weighted by Crippen LogP contribution is 2.28. The number of ether oxygens (including phenoxy) is 1. The van der Waals surface area contributed by atoms with Crippen LogP contribution in [0.25, 0.3) is 16.9 Å². The van der Waals surface area contributed by atoms with Crippen molar-refractivity contribution in [2.45, 2.75) is 50.7 Å². The van der Waals surface area contributed by atoms with Crippen LogP contribution in [0.4, 0.5) is 0 Å². The molecule has 3 heterocycles. The van der Waals surface area contributed by atoms with Crippen molar-refractivity contribution in [3.8, 4) is 17.0 Å². The van der Waals surface area contributed by atoms with Gasteiger partial charge in [0, 0.05) is 24.7 Å². The summed E-state index contributed by atoms with van der Waals surface area (Å²) in [5.74, 6) is 0.948. The molecule has 27 heavy (non-hydrogen) atoms. The zero-order valence-corrected chi connectivity index (χ0v) is 15.5. The Morgan fingerprint density at radius 3 is 2.44 bits per heavy atom. The summed E-state index contributed by atoms with van der Waals surface area (Å²) in [4.78, 5) is 2.68. The highest BCUT2D eigenvalue weighted by atomic mass is 16.5. The van der Waals surface area contributed by atoms with E-state index in [-0.39, 0.29) is 0 Å². The SMILES string of the molecule is c1cc(-c2ccc3nncn3n2)ccc1OC1CCN(C2CCCC2)CC1. The molecule has 2 aromatic heterocycles. The van der Waals surface area contributed by atoms with Gasteiger partial charge in [0.05, 0.1) is 5.69 Å². The van der Waals surface area contributed by atoms with Crippen molar-refractivity contribution < 1.29 is 4.74 Å². The minimum atomic E-state index is 0.333. The molecule has 0 radical (unpaired) electrons. The molecule has 1 saturated carbocycles. The summed E-state index contributed by atoms with van der Waals surface area (Å²) in [5, 5.41) is 12.4. The second kappa shape index (κ2) is 7.27. The van der Waals surface area contributed by atoms with Gasteiger partial charge in [0.1, 0.15) is 18.2 Å². The fourth-order valence-electron chi connectivity index (χ4n) is 4.41. The Morgan fingerprint density at radius 2 is 1.67 bits per heavy atom. The van der Waals surface area contributed by atoms with Crippen LogP contribution in [0.1, 0.15) is 38.5 Å². The largest absolute Gasteiger partial charge is 0.490 e. The monoisotopic (exact) mass is 363 g/mol. The zero-order chi connectivity index (χ0) is 18.1. The zero-order valence-electron chi connectivity index (χ0n) is 15.5. The fraction of sp³-hybridized carbons (Fsp3) is 0.476. The first-order valence-corrected chi connectivity index (χ1v) is 10.0. The normalized spacial score (nSPS) is 19.7. The summed E-state index contributed by atoms with van der Waals surface area (Å²) in [6.07, 6.45) is 9.81. The predicted molar refractivity (Wildman–Crippen MR) is 104 cm³/mol. The van der Waals surface area contributed by atoms with Gasteiger partial charge in [0.15, 0.2) is 5.65 Å². The quantitative estimate of drug-likeness (QED) is 0.709. The molecule has 2 fully saturated rings. The van der Waals surface area contributed by atoms with E-state index in [1.54, 1.807) is 10.8 Å². The van der Waals surface area contributed by atoms with Crippen molar-refractivity contribution in [1.82, 2.24) is 24.7 Å². The molecule has 1 aliphatic carbocycles. The molecule has 0 atom stereocenters. The molecule has 5 rings (SSSR count). The summed E-state index contributed by atoms with van der Waals surface area (Å²) < 4.78 is 7.94. The lowest BCUT2D eigenvalue weighted by molar-refractivity contribution is 0.0768. The molecule has 0 N–H and O–H groups in total. The van der Waals surface area contributed by atoms with E-state index in [4.69, 9.17) is 4.74 Å². The highest BCUT2D eigenvalue weighted by Gasteiger charge is 2.27. The third kappa shape index (κ3) is 3.54. The summed E-state index contributed by atoms with van der Waals surface area (Å²) in [6, 6.07) is 13.0. The van der Waals surface area contributed by atoms with Gasteiger partial charge in [0.25, 0.3) is 0 Å². The average molecular weight is 363 g/mol. The Hall–Kier alpha value is -2.47. The van der Waals surface area contributed by atoms with Crippen molar-refractivity contribution in [3.63, 3.8) is 0 Å². The number of piperidine rings is 1. The van der Waals surface area contributed by atoms with Gasteiger partial charge >= 0.3 is 0 Å². The minimum Gasteiger partial charge on any atom is -0.490 e. The van der Waals surface area contributed by atoms with E-state index in [0.717, 1.165) is 41.5 Å². The maximum absolute atomic E-state index is 6.24. The average Bonchev–Trinajstić information content (AvgIpc) is 3.41. The maximum Gasteiger partial charge on any atom is 0.177 e. The van der Waals surface area contributed by atoms with Crippen LogP contribution in [0.5, 0.6) is 5.75 Å². The maximum atomic E-state index is 6.24. The van der Waals surface area contributed by atoms with Crippen LogP contribution in [0.15, 0.2) is 42.7 Å². The first-order valence-electron chi connectivity index (χ1n) is 10.0. The molecule has 2 aliphatic rings. The van der Waals surface area contributed by atoms with Crippen LogP contribution in [-0.2, 0) is 0 Å². The van der Waals surface area contributed by atoms with Crippen molar-refractivity contribution >= 4 is 5.65 Å². The van der Waals surface area contributed by atoms with E-state index in [0.29, 0.717) is 6.10 Å². The van der Waals surface area contributed by atoms with Crippen LogP contribution >= 0.6 is 0 Å². The van der Waals surface area contributed by atoms with Gasteiger partial charge in [-0.25, -0.2) is 0 Å². The number of nitrogens with zero attached hydrogens (tertiary/aromatic N) is 5. The molecule has 6 nitrogen and oxygen atoms in total. The van der Waals surface area contributed by atoms with E-state index >= 15 is 0 Å². The van der Waals surface area contributed by atoms with Crippen molar-refractivity contribution in [2.75, 3.05) is 13.1 Å². The summed E-state index contributed by atoms with van der Waals surface area (Å²) >= 11 is 0. The van der Waals surface area contributed by atoms with Crippen LogP contribution < -0.4 is 4.74 Å². The minimum absolute atomic E-state index is 0.333. The molecule has 1 aliphatic heterocycles. The predicted octanol–water partition coefficient (Wildman–Crippen LogP) is 3.58. The first-order chi connectivity index (χ1) is 13.3. The molecular weight excluding hydrogens is 338 g/mol. The van der Waals surface area contributed by atoms with Gasteiger partial charge in [-0.3, -0.25) is 0 Å². The van der Waals surface area contributed by atoms with E-state index in [9.17, 15) is 0 Å². The summed E-state index contributed by atoms with van der Waals surface area (Å²) in [6.45, 7) is 2.35. The number of benzene rings is 1.